The van der Waals surface area contributed by atoms with Crippen molar-refractivity contribution in [2.45, 2.75) is 153 Å². The molecule has 0 aliphatic carbocycles. The highest BCUT2D eigenvalue weighted by atomic mass is 31.2. The third kappa shape index (κ3) is 32.1. The smallest absolute Gasteiger partial charge is 0.370 e. The highest BCUT2D eigenvalue weighted by molar-refractivity contribution is 7.53. The van der Waals surface area contributed by atoms with Crippen LogP contribution in [0.15, 0.2) is 20.0 Å². The molecule has 0 aromatic rings. The molecule has 0 saturated heterocycles. The van der Waals surface area contributed by atoms with Crippen molar-refractivity contribution in [1.29, 1.82) is 0 Å². The molecule has 0 fully saturated rings. The summed E-state index contributed by atoms with van der Waals surface area (Å²) in [5.74, 6) is -13.7. The number of nitrogens with one attached hydrogen (secondary N) is 8. The minimum absolute atomic E-state index is 0.0237. The zero-order valence-corrected chi connectivity index (χ0v) is 48.0. The number of phosphoric acid groups is 1. The van der Waals surface area contributed by atoms with Gasteiger partial charge in [0.15, 0.2) is 29.7 Å². The summed E-state index contributed by atoms with van der Waals surface area (Å²) in [4.78, 5) is 175. The average Bonchev–Trinajstić information content (AvgIpc) is 3.34. The zero-order valence-electron chi connectivity index (χ0n) is 46.2. The van der Waals surface area contributed by atoms with Crippen LogP contribution >= 0.6 is 15.4 Å². The fraction of sp³-hybridized carbons (Fsp3) is 0.690. The summed E-state index contributed by atoms with van der Waals surface area (Å²) >= 11 is 0. The predicted octanol–water partition coefficient (Wildman–Crippen LogP) is -9.39. The normalized spacial score (nSPS) is 15.0. The van der Waals surface area contributed by atoms with E-state index >= 15 is 0 Å². The fourth-order valence-electron chi connectivity index (χ4n) is 6.87. The molecule has 9 amide bonds. The molecule has 40 heteroatoms. The van der Waals surface area contributed by atoms with Gasteiger partial charge >= 0.3 is 15.4 Å². The molecule has 0 aliphatic heterocycles. The van der Waals surface area contributed by atoms with Gasteiger partial charge in [0.25, 0.3) is 0 Å². The molecule has 0 bridgehead atoms. The molecule has 0 aromatic carbocycles. The Morgan fingerprint density at radius 3 is 1.10 bits per heavy atom. The van der Waals surface area contributed by atoms with Crippen molar-refractivity contribution >= 4 is 92.4 Å². The first kappa shape index (κ1) is 74.5. The summed E-state index contributed by atoms with van der Waals surface area (Å²) < 4.78 is 28.3. The second kappa shape index (κ2) is 36.8. The van der Waals surface area contributed by atoms with Gasteiger partial charge in [-0.3, -0.25) is 72.2 Å². The molecule has 82 heavy (non-hydrogen) atoms. The van der Waals surface area contributed by atoms with E-state index < -0.39 is 141 Å². The molecule has 468 valence electrons. The van der Waals surface area contributed by atoms with E-state index in [-0.39, 0.29) is 95.0 Å². The topological polar surface area (TPSA) is 684 Å². The van der Waals surface area contributed by atoms with Crippen molar-refractivity contribution in [3.63, 3.8) is 0 Å². The van der Waals surface area contributed by atoms with E-state index in [0.717, 1.165) is 13.8 Å². The number of nitrogens with two attached hydrogens (primary N) is 10. The zero-order chi connectivity index (χ0) is 63.2. The Kier molecular flexibility index (Phi) is 33.4. The molecule has 0 spiro atoms. The molecule has 32 N–H and O–H groups in total. The Hall–Kier alpha value is -7.47. The second-order valence-corrected chi connectivity index (χ2v) is 21.8. The third-order valence-electron chi connectivity index (χ3n) is 11.3. The molecule has 0 saturated carbocycles. The first-order chi connectivity index (χ1) is 37.9. The van der Waals surface area contributed by atoms with Crippen LogP contribution in [0.3, 0.4) is 0 Å². The van der Waals surface area contributed by atoms with E-state index in [4.69, 9.17) is 57.3 Å². The van der Waals surface area contributed by atoms with Gasteiger partial charge in [-0.2, -0.15) is 0 Å². The quantitative estimate of drug-likeness (QED) is 0.0118. The predicted molar refractivity (Wildman–Crippen MR) is 298 cm³/mol. The van der Waals surface area contributed by atoms with Crippen LogP contribution < -0.4 is 99.9 Å². The lowest BCUT2D eigenvalue weighted by Gasteiger charge is -2.29. The lowest BCUT2D eigenvalue weighted by atomic mass is 10.0. The number of aliphatic imine (C=N–C) groups is 4. The maximum atomic E-state index is 14.2. The lowest BCUT2D eigenvalue weighted by molar-refractivity contribution is -0.136. The molecule has 38 nitrogen and oxygen atoms in total. The molecule has 0 aromatic heterocycles. The fourth-order valence-corrected chi connectivity index (χ4v) is 8.62. The van der Waals surface area contributed by atoms with Crippen LogP contribution in [0.2, 0.25) is 0 Å². The van der Waals surface area contributed by atoms with Gasteiger partial charge in [0.1, 0.15) is 48.3 Å². The number of amides is 9. The molecule has 0 aliphatic rings. The van der Waals surface area contributed by atoms with Crippen molar-refractivity contribution in [2.24, 2.45) is 83.2 Å². The van der Waals surface area contributed by atoms with Gasteiger partial charge in [-0.25, -0.2) is 4.57 Å². The summed E-state index contributed by atoms with van der Waals surface area (Å²) in [6, 6.07) is -13.5. The number of hydrogen-bond acceptors (Lipinski definition) is 17. The largest absolute Gasteiger partial charge is 0.470 e. The van der Waals surface area contributed by atoms with Crippen molar-refractivity contribution in [3.05, 3.63) is 0 Å². The van der Waals surface area contributed by atoms with Crippen molar-refractivity contribution in [2.75, 3.05) is 26.2 Å². The summed E-state index contributed by atoms with van der Waals surface area (Å²) in [5.41, 5.74) is 54.8. The van der Waals surface area contributed by atoms with Crippen LogP contribution in [0.1, 0.15) is 92.4 Å². The third-order valence-corrected chi connectivity index (χ3v) is 13.0. The number of phosphoric ester groups is 1. The Morgan fingerprint density at radius 1 is 0.427 bits per heavy atom. The van der Waals surface area contributed by atoms with Gasteiger partial charge < -0.3 is 119 Å². The Labute approximate surface area is 472 Å². The number of nitrogens with zero attached hydrogens (tertiary/aromatic N) is 4. The molecule has 0 heterocycles. The average molecular weight is 1220 g/mol. The summed E-state index contributed by atoms with van der Waals surface area (Å²) in [6.45, 7) is 6.48. The Morgan fingerprint density at radius 2 is 0.744 bits per heavy atom. The summed E-state index contributed by atoms with van der Waals surface area (Å²) in [7, 11) is -11.4. The van der Waals surface area contributed by atoms with E-state index in [9.17, 15) is 71.9 Å². The monoisotopic (exact) mass is 1210 g/mol. The molecule has 0 rings (SSSR count). The summed E-state index contributed by atoms with van der Waals surface area (Å²) in [6.07, 6.45) is -1.07. The maximum Gasteiger partial charge on any atom is 0.470 e. The van der Waals surface area contributed by atoms with Crippen LogP contribution in [-0.2, 0) is 56.8 Å². The number of carbonyl (C=O) groups is 9. The Bertz CT molecular complexity index is 2390. The lowest BCUT2D eigenvalue weighted by Crippen LogP contribution is -2.60. The standard InChI is InChI=1S/C42H84N22O16P2/c1-19(2)29(38(73)57-20(3)30(44)65)64-37(72)27(18-28(81(74,75)76)80-82(77,78)79)63-32(67)22(5)58-31(66)21(4)59-34(69)24(11-7-15-54-40(47)48)61-36(71)26(13-9-17-56-42(51)52)62-35(70)25(12-8-16-55-41(49)50)60-33(68)23(43)10-6-14-53-39(45)46/h19-29H,6-18,43H2,1-5H3,(H2,44,65)(H,57,73)(H,58,66)(H,59,69)(H,60,68)(H,61,71)(H,62,70)(H,63,67)(H,64,72)(H4,45,46,53)(H4,47,48,54)(H4,49,50,55)(H4,51,52,56)(H2,74,75,76)(H2,77,78,79)/t20-,21-,22-,23-,24-,25-,26-,27-,28?,29-/m0/s1. The molecule has 0 radical (unpaired) electrons. The minimum atomic E-state index is -5.69. The number of primary amides is 1. The van der Waals surface area contributed by atoms with Crippen molar-refractivity contribution in [1.82, 2.24) is 42.5 Å². The van der Waals surface area contributed by atoms with Crippen molar-refractivity contribution in [3.8, 4) is 0 Å². The maximum absolute atomic E-state index is 14.2. The van der Waals surface area contributed by atoms with Crippen LogP contribution in [0.25, 0.3) is 0 Å². The van der Waals surface area contributed by atoms with Gasteiger partial charge in [0, 0.05) is 32.6 Å². The van der Waals surface area contributed by atoms with E-state index in [1.807, 2.05) is 0 Å². The Balaban J connectivity index is 6.84. The molecular formula is C42H84N22O16P2. The van der Waals surface area contributed by atoms with Gasteiger partial charge in [-0.1, -0.05) is 13.8 Å². The van der Waals surface area contributed by atoms with Crippen LogP contribution in [0, 0.1) is 5.92 Å². The van der Waals surface area contributed by atoms with Crippen molar-refractivity contribution < 1.29 is 76.4 Å². The molecule has 1 unspecified atom stereocenters. The first-order valence-corrected chi connectivity index (χ1v) is 28.6. The van der Waals surface area contributed by atoms with E-state index in [1.54, 1.807) is 0 Å². The highest BCUT2D eigenvalue weighted by Gasteiger charge is 2.41. The second-order valence-electron chi connectivity index (χ2n) is 18.8. The first-order valence-electron chi connectivity index (χ1n) is 25.3. The molecular weight excluding hydrogens is 1130 g/mol. The molecule has 10 atom stereocenters. The number of guanidine groups is 4. The van der Waals surface area contributed by atoms with Gasteiger partial charge in [-0.05, 0) is 78.1 Å². The number of carbonyl (C=O) groups excluding carboxylic acids is 9. The highest BCUT2D eigenvalue weighted by Crippen LogP contribution is 2.52. The van der Waals surface area contributed by atoms with Crippen LogP contribution in [0.4, 0.5) is 0 Å². The number of hydrogen-bond donors (Lipinski definition) is 22. The minimum Gasteiger partial charge on any atom is -0.370 e. The van der Waals surface area contributed by atoms with Crippen LogP contribution in [0.5, 0.6) is 0 Å². The van der Waals surface area contributed by atoms with E-state index in [1.165, 1.54) is 20.8 Å². The van der Waals surface area contributed by atoms with Gasteiger partial charge in [-0.15, -0.1) is 0 Å². The SMILES string of the molecule is CC(C)[C@H](NC(=O)[C@H](CC(OP(=O)(O)O)P(=O)(O)O)NC(=O)[C@H](C)NC(=O)[C@H](C)NC(=O)[C@H](CCCN=C(N)N)NC(=O)[C@H](CCCN=C(N)N)NC(=O)[C@H](CCCN=C(N)N)NC(=O)[C@@H](N)CCCN=C(N)N)C(=O)N[C@@H](C)C(N)=O. The number of rotatable bonds is 39. The van der Waals surface area contributed by atoms with Crippen LogP contribution in [-0.4, -0.2) is 183 Å². The van der Waals surface area contributed by atoms with E-state index in [0.29, 0.717) is 6.42 Å². The van der Waals surface area contributed by atoms with E-state index in [2.05, 4.69) is 67.0 Å². The summed E-state index contributed by atoms with van der Waals surface area (Å²) in [5, 5.41) is 18.9. The van der Waals surface area contributed by atoms with Gasteiger partial charge in [0.05, 0.1) is 6.04 Å². The van der Waals surface area contributed by atoms with Gasteiger partial charge in [0.2, 0.25) is 53.2 Å².